The Kier molecular flexibility index (Phi) is 3.61. The summed E-state index contributed by atoms with van der Waals surface area (Å²) in [5.74, 6) is 1.14. The van der Waals surface area contributed by atoms with Crippen molar-refractivity contribution in [2.45, 2.75) is 6.18 Å². The fraction of sp³-hybridized carbons (Fsp3) is 0.0909. The molecule has 7 heteroatoms. The van der Waals surface area contributed by atoms with Gasteiger partial charge in [-0.05, 0) is 24.1 Å². The minimum absolute atomic E-state index is 0.452. The lowest BCUT2D eigenvalue weighted by Gasteiger charge is -2.09. The Labute approximate surface area is 99.2 Å². The number of amides is 1. The van der Waals surface area contributed by atoms with E-state index in [2.05, 4.69) is 5.73 Å². The highest BCUT2D eigenvalue weighted by atomic mass is 19.4. The van der Waals surface area contributed by atoms with E-state index < -0.39 is 34.7 Å². The van der Waals surface area contributed by atoms with Gasteiger partial charge in [-0.15, -0.1) is 0 Å². The Balaban J connectivity index is 3.41. The number of rotatable bonds is 1. The number of carboxylic acids is 1. The highest BCUT2D eigenvalue weighted by molar-refractivity contribution is 5.93. The largest absolute Gasteiger partial charge is 0.478 e. The van der Waals surface area contributed by atoms with Crippen LogP contribution >= 0.6 is 0 Å². The normalized spacial score (nSPS) is 10.4. The number of halogens is 3. The average molecular weight is 257 g/mol. The quantitative estimate of drug-likeness (QED) is 0.743. The molecule has 0 aromatic heterocycles. The van der Waals surface area contributed by atoms with Crippen molar-refractivity contribution in [1.82, 2.24) is 0 Å². The second kappa shape index (κ2) is 4.79. The van der Waals surface area contributed by atoms with Crippen LogP contribution in [0.1, 0.15) is 21.5 Å². The molecule has 0 spiro atoms. The van der Waals surface area contributed by atoms with Crippen molar-refractivity contribution in [1.29, 1.82) is 0 Å². The minimum Gasteiger partial charge on any atom is -0.478 e. The van der Waals surface area contributed by atoms with Crippen LogP contribution in [0.15, 0.2) is 18.2 Å². The summed E-state index contributed by atoms with van der Waals surface area (Å²) < 4.78 is 37.9. The third-order valence-corrected chi connectivity index (χ3v) is 1.89. The summed E-state index contributed by atoms with van der Waals surface area (Å²) in [6, 6.07) is 2.29. The zero-order valence-corrected chi connectivity index (χ0v) is 8.71. The molecule has 0 saturated carbocycles. The van der Waals surface area contributed by atoms with Crippen molar-refractivity contribution < 1.29 is 27.9 Å². The SMILES string of the molecule is NC(=O)C#Cc1ccc(C(=O)O)cc1C(F)(F)F. The molecule has 1 amide bonds. The van der Waals surface area contributed by atoms with Gasteiger partial charge in [0.1, 0.15) is 0 Å². The molecule has 0 saturated heterocycles. The van der Waals surface area contributed by atoms with Gasteiger partial charge in [-0.3, -0.25) is 4.79 Å². The van der Waals surface area contributed by atoms with E-state index in [0.29, 0.717) is 6.07 Å². The monoisotopic (exact) mass is 257 g/mol. The number of alkyl halides is 3. The fourth-order valence-corrected chi connectivity index (χ4v) is 1.15. The molecule has 0 aliphatic rings. The maximum Gasteiger partial charge on any atom is 0.417 e. The van der Waals surface area contributed by atoms with Crippen LogP contribution in [0.4, 0.5) is 13.2 Å². The van der Waals surface area contributed by atoms with Gasteiger partial charge in [0.2, 0.25) is 0 Å². The first-order valence-electron chi connectivity index (χ1n) is 4.48. The molecule has 0 unspecified atom stereocenters. The van der Waals surface area contributed by atoms with Gasteiger partial charge in [-0.25, -0.2) is 4.79 Å². The number of benzene rings is 1. The molecule has 0 radical (unpaired) electrons. The van der Waals surface area contributed by atoms with E-state index in [1.165, 1.54) is 0 Å². The number of carbonyl (C=O) groups is 2. The lowest BCUT2D eigenvalue weighted by Crippen LogP contribution is -2.11. The van der Waals surface area contributed by atoms with Crippen LogP contribution in [0.3, 0.4) is 0 Å². The van der Waals surface area contributed by atoms with Gasteiger partial charge in [-0.1, -0.05) is 5.92 Å². The van der Waals surface area contributed by atoms with Crippen LogP contribution in [-0.4, -0.2) is 17.0 Å². The Hall–Kier alpha value is -2.49. The standard InChI is InChI=1S/C11H6F3NO3/c12-11(13,14)8-5-7(10(17)18)2-1-6(8)3-4-9(15)16/h1-2,5H,(H2,15,16)(H,17,18). The number of carboxylic acid groups (broad SMARTS) is 1. The van der Waals surface area contributed by atoms with Crippen LogP contribution < -0.4 is 5.73 Å². The van der Waals surface area contributed by atoms with E-state index in [1.807, 2.05) is 5.92 Å². The van der Waals surface area contributed by atoms with Crippen molar-refractivity contribution in [3.63, 3.8) is 0 Å². The first kappa shape index (κ1) is 13.6. The number of hydrogen-bond donors (Lipinski definition) is 2. The zero-order chi connectivity index (χ0) is 13.9. The van der Waals surface area contributed by atoms with E-state index in [9.17, 15) is 22.8 Å². The zero-order valence-electron chi connectivity index (χ0n) is 8.71. The van der Waals surface area contributed by atoms with E-state index in [0.717, 1.165) is 12.1 Å². The summed E-state index contributed by atoms with van der Waals surface area (Å²) in [5.41, 5.74) is 2.43. The average Bonchev–Trinajstić information content (AvgIpc) is 2.24. The van der Waals surface area contributed by atoms with Gasteiger partial charge in [0.25, 0.3) is 5.91 Å². The molecule has 4 nitrogen and oxygen atoms in total. The van der Waals surface area contributed by atoms with Crippen molar-refractivity contribution in [2.75, 3.05) is 0 Å². The summed E-state index contributed by atoms with van der Waals surface area (Å²) in [6.45, 7) is 0. The van der Waals surface area contributed by atoms with Crippen LogP contribution in [0.5, 0.6) is 0 Å². The summed E-state index contributed by atoms with van der Waals surface area (Å²) in [7, 11) is 0. The van der Waals surface area contributed by atoms with Crippen molar-refractivity contribution in [3.8, 4) is 11.8 Å². The second-order valence-electron chi connectivity index (χ2n) is 3.18. The van der Waals surface area contributed by atoms with Crippen LogP contribution in [0, 0.1) is 11.8 Å². The summed E-state index contributed by atoms with van der Waals surface area (Å²) >= 11 is 0. The molecule has 0 fully saturated rings. The van der Waals surface area contributed by atoms with Gasteiger partial charge < -0.3 is 10.8 Å². The molecule has 0 aliphatic heterocycles. The van der Waals surface area contributed by atoms with E-state index in [1.54, 1.807) is 5.92 Å². The van der Waals surface area contributed by atoms with E-state index in [4.69, 9.17) is 5.11 Å². The Morgan fingerprint density at radius 2 is 1.89 bits per heavy atom. The Bertz CT molecular complexity index is 567. The highest BCUT2D eigenvalue weighted by Gasteiger charge is 2.33. The molecular weight excluding hydrogens is 251 g/mol. The summed E-state index contributed by atoms with van der Waals surface area (Å²) in [4.78, 5) is 21.0. The van der Waals surface area contributed by atoms with Crippen LogP contribution in [0.25, 0.3) is 0 Å². The third kappa shape index (κ3) is 3.25. The van der Waals surface area contributed by atoms with Gasteiger partial charge >= 0.3 is 12.1 Å². The highest BCUT2D eigenvalue weighted by Crippen LogP contribution is 2.32. The number of primary amides is 1. The first-order valence-corrected chi connectivity index (χ1v) is 4.48. The minimum atomic E-state index is -4.77. The summed E-state index contributed by atoms with van der Waals surface area (Å²) in [6.07, 6.45) is -4.77. The van der Waals surface area contributed by atoms with Crippen molar-refractivity contribution >= 4 is 11.9 Å². The molecule has 1 rings (SSSR count). The molecule has 1 aromatic carbocycles. The molecule has 0 heterocycles. The number of hydrogen-bond acceptors (Lipinski definition) is 2. The van der Waals surface area contributed by atoms with Crippen LogP contribution in [0.2, 0.25) is 0 Å². The molecule has 3 N–H and O–H groups in total. The number of aromatic carboxylic acids is 1. The van der Waals surface area contributed by atoms with Crippen molar-refractivity contribution in [3.05, 3.63) is 34.9 Å². The molecule has 0 aliphatic carbocycles. The fourth-order valence-electron chi connectivity index (χ4n) is 1.15. The molecule has 94 valence electrons. The first-order chi connectivity index (χ1) is 8.21. The molecule has 18 heavy (non-hydrogen) atoms. The van der Waals surface area contributed by atoms with E-state index >= 15 is 0 Å². The van der Waals surface area contributed by atoms with Gasteiger partial charge in [0, 0.05) is 5.56 Å². The Morgan fingerprint density at radius 1 is 1.28 bits per heavy atom. The smallest absolute Gasteiger partial charge is 0.417 e. The topological polar surface area (TPSA) is 80.4 Å². The van der Waals surface area contributed by atoms with Crippen molar-refractivity contribution in [2.24, 2.45) is 5.73 Å². The number of nitrogens with two attached hydrogens (primary N) is 1. The predicted octanol–water partition coefficient (Wildman–Crippen LogP) is 1.24. The second-order valence-corrected chi connectivity index (χ2v) is 3.18. The lowest BCUT2D eigenvalue weighted by molar-refractivity contribution is -0.137. The number of carbonyl (C=O) groups excluding carboxylic acids is 1. The molecule has 0 atom stereocenters. The lowest BCUT2D eigenvalue weighted by atomic mass is 10.0. The summed E-state index contributed by atoms with van der Waals surface area (Å²) in [5, 5.41) is 8.61. The van der Waals surface area contributed by atoms with E-state index in [-0.39, 0.29) is 0 Å². The Morgan fingerprint density at radius 3 is 2.33 bits per heavy atom. The maximum atomic E-state index is 12.6. The van der Waals surface area contributed by atoms with Gasteiger partial charge in [0.05, 0.1) is 11.1 Å². The molecular formula is C11H6F3NO3. The van der Waals surface area contributed by atoms with Gasteiger partial charge in [0.15, 0.2) is 0 Å². The van der Waals surface area contributed by atoms with Gasteiger partial charge in [-0.2, -0.15) is 13.2 Å². The third-order valence-electron chi connectivity index (χ3n) is 1.89. The maximum absolute atomic E-state index is 12.6. The predicted molar refractivity (Wildman–Crippen MR) is 54.5 cm³/mol. The molecule has 0 bridgehead atoms. The molecule has 1 aromatic rings. The van der Waals surface area contributed by atoms with Crippen LogP contribution in [-0.2, 0) is 11.0 Å².